The van der Waals surface area contributed by atoms with Gasteiger partial charge in [-0.05, 0) is 48.9 Å². The fraction of sp³-hybridized carbons (Fsp3) is 0.250. The van der Waals surface area contributed by atoms with E-state index in [4.69, 9.17) is 9.47 Å². The minimum atomic E-state index is 0.671. The number of benzene rings is 2. The molecule has 3 aromatic rings. The van der Waals surface area contributed by atoms with Crippen LogP contribution >= 0.6 is 0 Å². The van der Waals surface area contributed by atoms with Crippen molar-refractivity contribution in [3.8, 4) is 22.8 Å². The van der Waals surface area contributed by atoms with E-state index in [2.05, 4.69) is 27.0 Å². The number of nitrogens with zero attached hydrogens (tertiary/aromatic N) is 2. The van der Waals surface area contributed by atoms with Crippen molar-refractivity contribution in [2.75, 3.05) is 19.0 Å². The Morgan fingerprint density at radius 3 is 2.32 bits per heavy atom. The number of hydrogen-bond acceptors (Lipinski definition) is 4. The highest BCUT2D eigenvalue weighted by Gasteiger charge is 2.08. The Hall–Kier alpha value is -2.95. The monoisotopic (exact) mass is 337 g/mol. The second-order valence-corrected chi connectivity index (χ2v) is 5.69. The van der Waals surface area contributed by atoms with E-state index in [1.807, 2.05) is 56.6 Å². The molecule has 0 aliphatic rings. The minimum absolute atomic E-state index is 0.671. The quantitative estimate of drug-likeness (QED) is 0.705. The summed E-state index contributed by atoms with van der Waals surface area (Å²) in [5.41, 5.74) is 3.34. The lowest BCUT2D eigenvalue weighted by Gasteiger charge is -2.09. The number of aromatic nitrogens is 2. The van der Waals surface area contributed by atoms with Gasteiger partial charge in [0.2, 0.25) is 5.95 Å². The predicted octanol–water partition coefficient (Wildman–Crippen LogP) is 4.11. The molecule has 25 heavy (non-hydrogen) atoms. The lowest BCUT2D eigenvalue weighted by molar-refractivity contribution is 0.340. The molecule has 5 heteroatoms. The van der Waals surface area contributed by atoms with Gasteiger partial charge in [0.1, 0.15) is 11.5 Å². The smallest absolute Gasteiger partial charge is 0.203 e. The highest BCUT2D eigenvalue weighted by Crippen LogP contribution is 2.24. The van der Waals surface area contributed by atoms with E-state index in [-0.39, 0.29) is 0 Å². The van der Waals surface area contributed by atoms with E-state index in [1.54, 1.807) is 7.11 Å². The average molecular weight is 337 g/mol. The summed E-state index contributed by atoms with van der Waals surface area (Å²) in [7, 11) is 3.68. The van der Waals surface area contributed by atoms with Crippen molar-refractivity contribution in [1.29, 1.82) is 0 Å². The van der Waals surface area contributed by atoms with Crippen LogP contribution in [0.25, 0.3) is 11.3 Å². The Kier molecular flexibility index (Phi) is 5.23. The number of methoxy groups -OCH3 is 1. The maximum atomic E-state index is 5.49. The van der Waals surface area contributed by atoms with Gasteiger partial charge in [-0.15, -0.1) is 0 Å². The van der Waals surface area contributed by atoms with Gasteiger partial charge in [0.15, 0.2) is 0 Å². The molecule has 0 saturated carbocycles. The molecule has 3 rings (SSSR count). The van der Waals surface area contributed by atoms with Crippen LogP contribution in [0.15, 0.2) is 54.7 Å². The summed E-state index contributed by atoms with van der Waals surface area (Å²) in [5.74, 6) is 2.57. The number of ether oxygens (including phenoxy) is 2. The molecule has 130 valence electrons. The first kappa shape index (κ1) is 16.9. The number of rotatable bonds is 7. The van der Waals surface area contributed by atoms with Gasteiger partial charge in [-0.25, -0.2) is 4.98 Å². The molecule has 0 bridgehead atoms. The summed E-state index contributed by atoms with van der Waals surface area (Å²) in [6.07, 6.45) is 1.88. The standard InChI is InChI=1S/C20H23N3O2/c1-4-25-18-11-7-16(8-12-18)19-14-22-20(23(19)2)21-13-15-5-9-17(24-3)10-6-15/h5-12,14H,4,13H2,1-3H3,(H,21,22). The molecule has 0 amide bonds. The molecule has 0 fully saturated rings. The van der Waals surface area contributed by atoms with E-state index < -0.39 is 0 Å². The molecule has 0 radical (unpaired) electrons. The molecule has 0 aliphatic carbocycles. The Labute approximate surface area is 148 Å². The van der Waals surface area contributed by atoms with Crippen molar-refractivity contribution < 1.29 is 9.47 Å². The van der Waals surface area contributed by atoms with Crippen LogP contribution in [-0.2, 0) is 13.6 Å². The highest BCUT2D eigenvalue weighted by atomic mass is 16.5. The second-order valence-electron chi connectivity index (χ2n) is 5.69. The molecule has 2 aromatic carbocycles. The van der Waals surface area contributed by atoms with Gasteiger partial charge in [0.25, 0.3) is 0 Å². The first-order chi connectivity index (χ1) is 12.2. The first-order valence-electron chi connectivity index (χ1n) is 8.33. The summed E-state index contributed by atoms with van der Waals surface area (Å²) in [6.45, 7) is 3.36. The molecule has 0 spiro atoms. The van der Waals surface area contributed by atoms with Gasteiger partial charge in [-0.3, -0.25) is 0 Å². The van der Waals surface area contributed by atoms with E-state index in [9.17, 15) is 0 Å². The van der Waals surface area contributed by atoms with E-state index >= 15 is 0 Å². The molecule has 1 aromatic heterocycles. The minimum Gasteiger partial charge on any atom is -0.497 e. The summed E-state index contributed by atoms with van der Waals surface area (Å²) < 4.78 is 12.7. The summed E-state index contributed by atoms with van der Waals surface area (Å²) in [6, 6.07) is 16.1. The normalized spacial score (nSPS) is 10.5. The third-order valence-corrected chi connectivity index (χ3v) is 4.06. The lowest BCUT2D eigenvalue weighted by atomic mass is 10.1. The lowest BCUT2D eigenvalue weighted by Crippen LogP contribution is -2.05. The molecule has 0 saturated heterocycles. The Morgan fingerprint density at radius 2 is 1.68 bits per heavy atom. The number of anilines is 1. The van der Waals surface area contributed by atoms with Crippen LogP contribution in [0.4, 0.5) is 5.95 Å². The topological polar surface area (TPSA) is 48.3 Å². The van der Waals surface area contributed by atoms with Crippen LogP contribution in [0.5, 0.6) is 11.5 Å². The Balaban J connectivity index is 1.69. The van der Waals surface area contributed by atoms with Crippen molar-refractivity contribution in [2.45, 2.75) is 13.5 Å². The Bertz CT molecular complexity index is 808. The van der Waals surface area contributed by atoms with E-state index in [0.717, 1.165) is 28.7 Å². The summed E-state index contributed by atoms with van der Waals surface area (Å²) in [5, 5.41) is 3.37. The molecule has 5 nitrogen and oxygen atoms in total. The molecular formula is C20H23N3O2. The van der Waals surface area contributed by atoms with Crippen molar-refractivity contribution in [2.24, 2.45) is 7.05 Å². The summed E-state index contributed by atoms with van der Waals surface area (Å²) in [4.78, 5) is 4.50. The fourth-order valence-corrected chi connectivity index (χ4v) is 2.66. The van der Waals surface area contributed by atoms with Crippen molar-refractivity contribution in [3.05, 3.63) is 60.3 Å². The third-order valence-electron chi connectivity index (χ3n) is 4.06. The van der Waals surface area contributed by atoms with Gasteiger partial charge in [-0.2, -0.15) is 0 Å². The van der Waals surface area contributed by atoms with Crippen LogP contribution in [0.1, 0.15) is 12.5 Å². The number of nitrogens with one attached hydrogen (secondary N) is 1. The van der Waals surface area contributed by atoms with Crippen LogP contribution in [0.2, 0.25) is 0 Å². The van der Waals surface area contributed by atoms with Gasteiger partial charge in [-0.1, -0.05) is 12.1 Å². The van der Waals surface area contributed by atoms with Crippen molar-refractivity contribution in [1.82, 2.24) is 9.55 Å². The SMILES string of the molecule is CCOc1ccc(-c2cnc(NCc3ccc(OC)cc3)n2C)cc1. The van der Waals surface area contributed by atoms with Gasteiger partial charge < -0.3 is 19.4 Å². The molecule has 0 aliphatic heterocycles. The van der Waals surface area contributed by atoms with Crippen LogP contribution < -0.4 is 14.8 Å². The van der Waals surface area contributed by atoms with Gasteiger partial charge in [0.05, 0.1) is 25.6 Å². The third kappa shape index (κ3) is 3.94. The second kappa shape index (κ2) is 7.75. The highest BCUT2D eigenvalue weighted by molar-refractivity contribution is 5.62. The van der Waals surface area contributed by atoms with E-state index in [1.165, 1.54) is 5.56 Å². The average Bonchev–Trinajstić information content (AvgIpc) is 3.02. The van der Waals surface area contributed by atoms with Crippen LogP contribution in [-0.4, -0.2) is 23.3 Å². The van der Waals surface area contributed by atoms with Crippen LogP contribution in [0.3, 0.4) is 0 Å². The zero-order valence-corrected chi connectivity index (χ0v) is 14.8. The number of imidazole rings is 1. The van der Waals surface area contributed by atoms with Gasteiger partial charge in [0, 0.05) is 19.2 Å². The fourth-order valence-electron chi connectivity index (χ4n) is 2.66. The largest absolute Gasteiger partial charge is 0.497 e. The van der Waals surface area contributed by atoms with Gasteiger partial charge >= 0.3 is 0 Å². The first-order valence-corrected chi connectivity index (χ1v) is 8.33. The molecule has 0 unspecified atom stereocenters. The van der Waals surface area contributed by atoms with Crippen LogP contribution in [0, 0.1) is 0 Å². The summed E-state index contributed by atoms with van der Waals surface area (Å²) >= 11 is 0. The number of hydrogen-bond donors (Lipinski definition) is 1. The maximum absolute atomic E-state index is 5.49. The molecule has 1 N–H and O–H groups in total. The molecular weight excluding hydrogens is 314 g/mol. The van der Waals surface area contributed by atoms with E-state index in [0.29, 0.717) is 13.2 Å². The van der Waals surface area contributed by atoms with Crippen molar-refractivity contribution >= 4 is 5.95 Å². The zero-order chi connectivity index (χ0) is 17.6. The Morgan fingerprint density at radius 1 is 1.00 bits per heavy atom. The maximum Gasteiger partial charge on any atom is 0.203 e. The zero-order valence-electron chi connectivity index (χ0n) is 14.8. The van der Waals surface area contributed by atoms with Crippen molar-refractivity contribution in [3.63, 3.8) is 0 Å². The molecule has 0 atom stereocenters. The predicted molar refractivity (Wildman–Crippen MR) is 100 cm³/mol. The molecule has 1 heterocycles.